The van der Waals surface area contributed by atoms with Crippen LogP contribution in [-0.2, 0) is 30.5 Å². The molecule has 0 spiro atoms. The highest BCUT2D eigenvalue weighted by molar-refractivity contribution is 6.30. The largest absolute Gasteiger partial charge is 0.481 e. The van der Waals surface area contributed by atoms with Gasteiger partial charge in [-0.3, -0.25) is 19.2 Å². The molecule has 7 unspecified atom stereocenters. The first-order chi connectivity index (χ1) is 24.8. The highest BCUT2D eigenvalue weighted by atomic mass is 35.5. The smallest absolute Gasteiger partial charge is 0.306 e. The van der Waals surface area contributed by atoms with Gasteiger partial charge >= 0.3 is 11.9 Å². The fourth-order valence-corrected chi connectivity index (χ4v) is 12.5. The maximum atomic E-state index is 14.4. The molecular formula is C46H70ClNO6. The second-order valence-electron chi connectivity index (χ2n) is 18.9. The summed E-state index contributed by atoms with van der Waals surface area (Å²) in [6.45, 7) is 20.2. The van der Waals surface area contributed by atoms with E-state index in [1.807, 2.05) is 52.0 Å². The average Bonchev–Trinajstić information content (AvgIpc) is 3.39. The molecular weight excluding hydrogens is 698 g/mol. The van der Waals surface area contributed by atoms with E-state index in [0.29, 0.717) is 29.8 Å². The van der Waals surface area contributed by atoms with Gasteiger partial charge in [-0.2, -0.15) is 0 Å². The number of nitrogens with one attached hydrogen (secondary N) is 1. The van der Waals surface area contributed by atoms with E-state index in [2.05, 4.69) is 39.9 Å². The molecule has 0 saturated heterocycles. The van der Waals surface area contributed by atoms with E-state index in [4.69, 9.17) is 16.3 Å². The summed E-state index contributed by atoms with van der Waals surface area (Å²) in [5.74, 6) is 0.427. The number of benzene rings is 1. The lowest BCUT2D eigenvalue weighted by Crippen LogP contribution is -2.63. The molecule has 0 amide bonds. The molecule has 1 aromatic carbocycles. The molecule has 0 radical (unpaired) electrons. The van der Waals surface area contributed by atoms with Crippen LogP contribution in [0.3, 0.4) is 0 Å². The molecule has 4 saturated carbocycles. The molecule has 5 aliphatic rings. The van der Waals surface area contributed by atoms with Gasteiger partial charge in [0, 0.05) is 18.0 Å². The number of carboxylic acids is 1. The third-order valence-corrected chi connectivity index (χ3v) is 15.3. The number of Topliss-reactive ketones (excluding diaryl/α,β-unsaturated/α-hetero) is 2. The van der Waals surface area contributed by atoms with E-state index in [1.165, 1.54) is 5.57 Å². The third-order valence-electron chi connectivity index (χ3n) is 15.1. The van der Waals surface area contributed by atoms with Crippen LogP contribution < -0.4 is 5.32 Å². The zero-order valence-electron chi connectivity index (χ0n) is 34.0. The number of hydrogen-bond acceptors (Lipinski definition) is 6. The Morgan fingerprint density at radius 1 is 0.944 bits per heavy atom. The van der Waals surface area contributed by atoms with Crippen LogP contribution in [0.25, 0.3) is 0 Å². The summed E-state index contributed by atoms with van der Waals surface area (Å²) in [6.07, 6.45) is 8.90. The number of rotatable bonds is 11. The Labute approximate surface area is 331 Å². The van der Waals surface area contributed by atoms with Gasteiger partial charge in [0.1, 0.15) is 6.10 Å². The number of esters is 1. The van der Waals surface area contributed by atoms with E-state index in [-0.39, 0.29) is 78.5 Å². The van der Waals surface area contributed by atoms with Crippen LogP contribution in [0.1, 0.15) is 152 Å². The summed E-state index contributed by atoms with van der Waals surface area (Å²) < 4.78 is 6.04. The monoisotopic (exact) mass is 767 g/mol. The fourth-order valence-electron chi connectivity index (χ4n) is 12.4. The zero-order chi connectivity index (χ0) is 39.1. The van der Waals surface area contributed by atoms with Crippen LogP contribution >= 0.6 is 11.6 Å². The number of halogens is 1. The van der Waals surface area contributed by atoms with Crippen LogP contribution in [0.5, 0.6) is 0 Å². The van der Waals surface area contributed by atoms with Crippen molar-refractivity contribution in [2.75, 3.05) is 6.54 Å². The van der Waals surface area contributed by atoms with Gasteiger partial charge in [0.05, 0.1) is 24.8 Å². The first kappa shape index (κ1) is 44.2. The summed E-state index contributed by atoms with van der Waals surface area (Å²) >= 11 is 6.08. The standard InChI is InChI=1S/C43H60ClNO6.C2H6.CH4/c1-26(2)37-32(46)21-43(34(47)25-45-24-27-8-10-29(44)11-9-27)19-18-41(6)31(38(37)43)12-13-33-40(5)16-15-30(20-28(40)14-17-42(33,41)7)51-36(50)23-39(3,4)22-35(48)49;1-2;/h8-11,26,28,30-31,33,45H,12-25H2,1-7H3,(H,48,49);1-2H3;1H4/t28?,30?,31?,33?,40?,41-,42?,43?;;/m1../s1. The summed E-state index contributed by atoms with van der Waals surface area (Å²) in [5.41, 5.74) is 2.03. The van der Waals surface area contributed by atoms with Crippen molar-refractivity contribution < 1.29 is 29.0 Å². The molecule has 302 valence electrons. The van der Waals surface area contributed by atoms with Crippen molar-refractivity contribution in [3.05, 3.63) is 46.0 Å². The number of ether oxygens (including phenoxy) is 1. The SMILES string of the molecule is C.CC.CC(C)C1=C2C3CCC4C5(C)CCC(OC(=O)CC(C)(C)CC(=O)O)CC5CCC4(C)[C@]3(C)CCC2(C(=O)CNCc2ccc(Cl)cc2)CC1=O. The molecule has 1 aromatic rings. The summed E-state index contributed by atoms with van der Waals surface area (Å²) in [7, 11) is 0. The number of allylic oxidation sites excluding steroid dienone is 2. The topological polar surface area (TPSA) is 110 Å². The molecule has 0 heterocycles. The summed E-state index contributed by atoms with van der Waals surface area (Å²) in [6, 6.07) is 7.69. The van der Waals surface area contributed by atoms with Crippen molar-refractivity contribution in [2.24, 2.45) is 50.7 Å². The summed E-state index contributed by atoms with van der Waals surface area (Å²) in [4.78, 5) is 52.6. The van der Waals surface area contributed by atoms with Crippen molar-refractivity contribution in [3.63, 3.8) is 0 Å². The summed E-state index contributed by atoms with van der Waals surface area (Å²) in [5, 5.41) is 13.4. The van der Waals surface area contributed by atoms with Crippen molar-refractivity contribution in [2.45, 2.75) is 159 Å². The van der Waals surface area contributed by atoms with Crippen molar-refractivity contribution >= 4 is 35.1 Å². The van der Waals surface area contributed by atoms with E-state index >= 15 is 0 Å². The number of fused-ring (bicyclic) bond motifs is 7. The maximum Gasteiger partial charge on any atom is 0.306 e. The second-order valence-corrected chi connectivity index (χ2v) is 19.3. The fraction of sp³-hybridized carbons (Fsp3) is 0.739. The minimum Gasteiger partial charge on any atom is -0.481 e. The first-order valence-corrected chi connectivity index (χ1v) is 20.9. The molecule has 6 rings (SSSR count). The van der Waals surface area contributed by atoms with Gasteiger partial charge in [0.15, 0.2) is 11.6 Å². The molecule has 0 bridgehead atoms. The second kappa shape index (κ2) is 16.5. The molecule has 2 N–H and O–H groups in total. The molecule has 4 fully saturated rings. The van der Waals surface area contributed by atoms with Crippen LogP contribution in [0.15, 0.2) is 35.4 Å². The lowest BCUT2D eigenvalue weighted by molar-refractivity contribution is -0.203. The molecule has 0 aliphatic heterocycles. The van der Waals surface area contributed by atoms with E-state index in [0.717, 1.165) is 68.9 Å². The third kappa shape index (κ3) is 7.88. The zero-order valence-corrected chi connectivity index (χ0v) is 34.7. The quantitative estimate of drug-likeness (QED) is 0.216. The van der Waals surface area contributed by atoms with Crippen LogP contribution in [0.2, 0.25) is 5.02 Å². The number of ketones is 2. The molecule has 8 heteroatoms. The van der Waals surface area contributed by atoms with Crippen molar-refractivity contribution in [3.8, 4) is 0 Å². The lowest BCUT2D eigenvalue weighted by atomic mass is 9.34. The molecule has 5 aliphatic carbocycles. The van der Waals surface area contributed by atoms with Gasteiger partial charge in [-0.05, 0) is 132 Å². The first-order valence-electron chi connectivity index (χ1n) is 20.5. The highest BCUT2D eigenvalue weighted by Crippen LogP contribution is 2.75. The Morgan fingerprint density at radius 2 is 1.61 bits per heavy atom. The van der Waals surface area contributed by atoms with Gasteiger partial charge in [0.25, 0.3) is 0 Å². The minimum absolute atomic E-state index is 0. The van der Waals surface area contributed by atoms with E-state index in [9.17, 15) is 24.3 Å². The minimum atomic E-state index is -0.899. The Balaban J connectivity index is 0.00000213. The van der Waals surface area contributed by atoms with E-state index < -0.39 is 16.8 Å². The predicted molar refractivity (Wildman–Crippen MR) is 217 cm³/mol. The van der Waals surface area contributed by atoms with Crippen LogP contribution in [0, 0.1) is 50.7 Å². The predicted octanol–water partition coefficient (Wildman–Crippen LogP) is 10.8. The number of carbonyl (C=O) groups excluding carboxylic acids is 3. The number of carbonyl (C=O) groups is 4. The number of aliphatic carboxylic acids is 1. The van der Waals surface area contributed by atoms with Crippen molar-refractivity contribution in [1.82, 2.24) is 5.32 Å². The Morgan fingerprint density at radius 3 is 2.24 bits per heavy atom. The molecule has 8 atom stereocenters. The van der Waals surface area contributed by atoms with Crippen LogP contribution in [-0.4, -0.2) is 41.3 Å². The van der Waals surface area contributed by atoms with Crippen LogP contribution in [0.4, 0.5) is 0 Å². The van der Waals surface area contributed by atoms with Gasteiger partial charge in [-0.1, -0.05) is 93.5 Å². The molecule has 0 aromatic heterocycles. The van der Waals surface area contributed by atoms with Gasteiger partial charge in [-0.15, -0.1) is 0 Å². The lowest BCUT2D eigenvalue weighted by Gasteiger charge is -2.70. The van der Waals surface area contributed by atoms with Gasteiger partial charge < -0.3 is 15.2 Å². The van der Waals surface area contributed by atoms with E-state index in [1.54, 1.807) is 0 Å². The van der Waals surface area contributed by atoms with Gasteiger partial charge in [-0.25, -0.2) is 0 Å². The average molecular weight is 769 g/mol. The van der Waals surface area contributed by atoms with Crippen molar-refractivity contribution in [1.29, 1.82) is 0 Å². The maximum absolute atomic E-state index is 14.4. The highest BCUT2D eigenvalue weighted by Gasteiger charge is 2.69. The molecule has 7 nitrogen and oxygen atoms in total. The Hall–Kier alpha value is -2.51. The Kier molecular flexibility index (Phi) is 13.5. The normalized spacial score (nSPS) is 34.3. The molecule has 54 heavy (non-hydrogen) atoms. The van der Waals surface area contributed by atoms with Gasteiger partial charge in [0.2, 0.25) is 0 Å². The Bertz CT molecular complexity index is 1600. The number of carboxylic acid groups (broad SMARTS) is 1. The number of hydrogen-bond donors (Lipinski definition) is 2.